The second-order valence-corrected chi connectivity index (χ2v) is 6.65. The van der Waals surface area contributed by atoms with Crippen LogP contribution in [0.4, 0.5) is 0 Å². The Kier molecular flexibility index (Phi) is 5.50. The molecule has 0 fully saturated rings. The van der Waals surface area contributed by atoms with E-state index in [-0.39, 0.29) is 0 Å². The number of hydrogen-bond acceptors (Lipinski definition) is 0. The first-order valence-electron chi connectivity index (χ1n) is 9.09. The van der Waals surface area contributed by atoms with Gasteiger partial charge in [-0.3, -0.25) is 0 Å². The van der Waals surface area contributed by atoms with Gasteiger partial charge in [0.1, 0.15) is 0 Å². The van der Waals surface area contributed by atoms with Crippen LogP contribution >= 0.6 is 0 Å². The SMILES string of the molecule is CCC(=C(C1=CC=C(C)C=CC1)c1ccc(C)cc1)c1ccccc1. The molecule has 0 heteroatoms. The Morgan fingerprint density at radius 3 is 2.24 bits per heavy atom. The third-order valence-electron chi connectivity index (χ3n) is 4.70. The van der Waals surface area contributed by atoms with Crippen molar-refractivity contribution < 1.29 is 0 Å². The second-order valence-electron chi connectivity index (χ2n) is 6.65. The van der Waals surface area contributed by atoms with Crippen molar-refractivity contribution in [2.24, 2.45) is 0 Å². The van der Waals surface area contributed by atoms with Crippen molar-refractivity contribution in [3.63, 3.8) is 0 Å². The van der Waals surface area contributed by atoms with Gasteiger partial charge in [-0.05, 0) is 54.5 Å². The Bertz CT molecular complexity index is 841. The molecule has 0 saturated heterocycles. The fourth-order valence-corrected chi connectivity index (χ4v) is 3.35. The van der Waals surface area contributed by atoms with Crippen molar-refractivity contribution in [2.45, 2.75) is 33.6 Å². The van der Waals surface area contributed by atoms with Gasteiger partial charge < -0.3 is 0 Å². The highest BCUT2D eigenvalue weighted by molar-refractivity contribution is 5.98. The monoisotopic (exact) mass is 326 g/mol. The Hall–Kier alpha value is -2.60. The molecule has 3 rings (SSSR count). The van der Waals surface area contributed by atoms with Gasteiger partial charge in [-0.2, -0.15) is 0 Å². The third kappa shape index (κ3) is 4.09. The lowest BCUT2D eigenvalue weighted by Crippen LogP contribution is -1.96. The van der Waals surface area contributed by atoms with Gasteiger partial charge in [0.2, 0.25) is 0 Å². The Labute approximate surface area is 151 Å². The first-order valence-corrected chi connectivity index (χ1v) is 9.09. The van der Waals surface area contributed by atoms with Crippen molar-refractivity contribution in [1.29, 1.82) is 0 Å². The molecule has 0 saturated carbocycles. The molecule has 0 heterocycles. The largest absolute Gasteiger partial charge is 0.0798 e. The van der Waals surface area contributed by atoms with Crippen LogP contribution in [0.1, 0.15) is 43.4 Å². The van der Waals surface area contributed by atoms with E-state index in [2.05, 4.69) is 99.7 Å². The van der Waals surface area contributed by atoms with E-state index in [0.717, 1.165) is 12.8 Å². The highest BCUT2D eigenvalue weighted by atomic mass is 14.2. The lowest BCUT2D eigenvalue weighted by atomic mass is 9.86. The van der Waals surface area contributed by atoms with Crippen LogP contribution in [0, 0.1) is 6.92 Å². The van der Waals surface area contributed by atoms with E-state index in [1.54, 1.807) is 0 Å². The standard InChI is InChI=1S/C25H26/c1-4-24(21-10-6-5-7-11-21)25(23-17-14-20(3)15-18-23)22-12-8-9-19(2)13-16-22/h5-11,13-18H,4,12H2,1-3H3. The summed E-state index contributed by atoms with van der Waals surface area (Å²) < 4.78 is 0. The first kappa shape index (κ1) is 17.2. The molecule has 25 heavy (non-hydrogen) atoms. The van der Waals surface area contributed by atoms with Crippen molar-refractivity contribution in [1.82, 2.24) is 0 Å². The molecule has 0 radical (unpaired) electrons. The fraction of sp³-hybridized carbons (Fsp3) is 0.200. The van der Waals surface area contributed by atoms with Crippen LogP contribution in [-0.2, 0) is 0 Å². The zero-order valence-corrected chi connectivity index (χ0v) is 15.4. The average Bonchev–Trinajstić information content (AvgIpc) is 2.86. The first-order chi connectivity index (χ1) is 12.2. The maximum Gasteiger partial charge on any atom is -0.00880 e. The van der Waals surface area contributed by atoms with Gasteiger partial charge in [0.15, 0.2) is 0 Å². The van der Waals surface area contributed by atoms with E-state index in [1.807, 2.05) is 0 Å². The Morgan fingerprint density at radius 2 is 1.56 bits per heavy atom. The van der Waals surface area contributed by atoms with Crippen LogP contribution in [-0.4, -0.2) is 0 Å². The van der Waals surface area contributed by atoms with Gasteiger partial charge in [-0.15, -0.1) is 0 Å². The minimum Gasteiger partial charge on any atom is -0.0798 e. The van der Waals surface area contributed by atoms with E-state index in [4.69, 9.17) is 0 Å². The number of hydrogen-bond donors (Lipinski definition) is 0. The van der Waals surface area contributed by atoms with Crippen LogP contribution in [0.15, 0.2) is 90.0 Å². The predicted octanol–water partition coefficient (Wildman–Crippen LogP) is 7.15. The molecule has 126 valence electrons. The smallest absolute Gasteiger partial charge is 0.00880 e. The summed E-state index contributed by atoms with van der Waals surface area (Å²) in [6.45, 7) is 6.55. The van der Waals surface area contributed by atoms with Gasteiger partial charge in [-0.25, -0.2) is 0 Å². The molecule has 1 aliphatic carbocycles. The molecule has 0 aromatic heterocycles. The zero-order chi connectivity index (χ0) is 17.6. The number of aryl methyl sites for hydroxylation is 1. The molecule has 2 aromatic carbocycles. The van der Waals surface area contributed by atoms with E-state index in [1.165, 1.54) is 39.0 Å². The molecule has 2 aromatic rings. The van der Waals surface area contributed by atoms with Gasteiger partial charge in [0.25, 0.3) is 0 Å². The molecule has 0 spiro atoms. The summed E-state index contributed by atoms with van der Waals surface area (Å²) in [6, 6.07) is 19.7. The van der Waals surface area contributed by atoms with Gasteiger partial charge in [0.05, 0.1) is 0 Å². The molecular weight excluding hydrogens is 300 g/mol. The summed E-state index contributed by atoms with van der Waals surface area (Å²) >= 11 is 0. The number of rotatable bonds is 4. The molecule has 0 aliphatic heterocycles. The summed E-state index contributed by atoms with van der Waals surface area (Å²) in [5.74, 6) is 0. The summed E-state index contributed by atoms with van der Waals surface area (Å²) in [5.41, 5.74) is 9.40. The van der Waals surface area contributed by atoms with Crippen molar-refractivity contribution in [2.75, 3.05) is 0 Å². The van der Waals surface area contributed by atoms with Crippen LogP contribution in [0.5, 0.6) is 0 Å². The molecular formula is C25H26. The lowest BCUT2D eigenvalue weighted by molar-refractivity contribution is 1.22. The normalized spacial score (nSPS) is 15.2. The van der Waals surface area contributed by atoms with Gasteiger partial charge in [-0.1, -0.05) is 97.0 Å². The van der Waals surface area contributed by atoms with E-state index >= 15 is 0 Å². The van der Waals surface area contributed by atoms with Crippen LogP contribution in [0.2, 0.25) is 0 Å². The fourth-order valence-electron chi connectivity index (χ4n) is 3.35. The molecule has 0 atom stereocenters. The van der Waals surface area contributed by atoms with Crippen LogP contribution in [0.3, 0.4) is 0 Å². The highest BCUT2D eigenvalue weighted by Gasteiger charge is 2.14. The van der Waals surface area contributed by atoms with Crippen molar-refractivity contribution in [3.05, 3.63) is 107 Å². The summed E-state index contributed by atoms with van der Waals surface area (Å²) in [6.07, 6.45) is 11.0. The summed E-state index contributed by atoms with van der Waals surface area (Å²) in [5, 5.41) is 0. The number of benzene rings is 2. The molecule has 0 N–H and O–H groups in total. The Balaban J connectivity index is 2.23. The van der Waals surface area contributed by atoms with Crippen molar-refractivity contribution in [3.8, 4) is 0 Å². The van der Waals surface area contributed by atoms with E-state index in [0.29, 0.717) is 0 Å². The minimum atomic E-state index is 0.966. The second kappa shape index (κ2) is 7.98. The third-order valence-corrected chi connectivity index (χ3v) is 4.70. The van der Waals surface area contributed by atoms with Gasteiger partial charge >= 0.3 is 0 Å². The predicted molar refractivity (Wildman–Crippen MR) is 110 cm³/mol. The van der Waals surface area contributed by atoms with Crippen LogP contribution in [0.25, 0.3) is 11.1 Å². The summed E-state index contributed by atoms with van der Waals surface area (Å²) in [7, 11) is 0. The molecule has 0 amide bonds. The molecule has 1 aliphatic rings. The van der Waals surface area contributed by atoms with E-state index < -0.39 is 0 Å². The Morgan fingerprint density at radius 1 is 0.840 bits per heavy atom. The average molecular weight is 326 g/mol. The summed E-state index contributed by atoms with van der Waals surface area (Å²) in [4.78, 5) is 0. The topological polar surface area (TPSA) is 0 Å². The zero-order valence-electron chi connectivity index (χ0n) is 15.4. The molecule has 0 unspecified atom stereocenters. The minimum absolute atomic E-state index is 0.966. The molecule has 0 bridgehead atoms. The maximum atomic E-state index is 2.29. The van der Waals surface area contributed by atoms with Crippen molar-refractivity contribution >= 4 is 11.1 Å². The van der Waals surface area contributed by atoms with E-state index in [9.17, 15) is 0 Å². The maximum absolute atomic E-state index is 2.29. The van der Waals surface area contributed by atoms with Crippen LogP contribution < -0.4 is 0 Å². The van der Waals surface area contributed by atoms with Gasteiger partial charge in [0, 0.05) is 0 Å². The number of allylic oxidation sites excluding steroid dienone is 8. The quantitative estimate of drug-likeness (QED) is 0.523. The molecule has 0 nitrogen and oxygen atoms in total. The highest BCUT2D eigenvalue weighted by Crippen LogP contribution is 2.36. The lowest BCUT2D eigenvalue weighted by Gasteiger charge is -2.18.